The van der Waals surface area contributed by atoms with Gasteiger partial charge in [0.2, 0.25) is 0 Å². The highest BCUT2D eigenvalue weighted by Crippen LogP contribution is 2.32. The molecular weight excluding hydrogens is 344 g/mol. The Kier molecular flexibility index (Phi) is 4.68. The van der Waals surface area contributed by atoms with Crippen LogP contribution in [0.4, 0.5) is 0 Å². The maximum atomic E-state index is 12.2. The van der Waals surface area contributed by atoms with Crippen molar-refractivity contribution < 1.29 is 9.53 Å². The number of rotatable bonds is 5. The fourth-order valence-electron chi connectivity index (χ4n) is 2.98. The van der Waals surface area contributed by atoms with Crippen molar-refractivity contribution in [3.63, 3.8) is 0 Å². The zero-order valence-corrected chi connectivity index (χ0v) is 14.9. The monoisotopic (exact) mass is 362 g/mol. The fraction of sp³-hybridized carbons (Fsp3) is 0.444. The van der Waals surface area contributed by atoms with E-state index in [0.717, 1.165) is 47.2 Å². The Bertz CT molecular complexity index is 727. The van der Waals surface area contributed by atoms with Crippen molar-refractivity contribution in [2.24, 2.45) is 5.92 Å². The lowest BCUT2D eigenvalue weighted by Gasteiger charge is -2.31. The van der Waals surface area contributed by atoms with E-state index in [2.05, 4.69) is 10.3 Å². The zero-order chi connectivity index (χ0) is 16.5. The average Bonchev–Trinajstić information content (AvgIpc) is 3.35. The second-order valence-electron chi connectivity index (χ2n) is 6.42. The number of benzene rings is 1. The van der Waals surface area contributed by atoms with E-state index in [-0.39, 0.29) is 12.0 Å². The minimum atomic E-state index is -0.249. The number of hydrogen-bond donors (Lipinski definition) is 0. The highest BCUT2D eigenvalue weighted by Gasteiger charge is 2.37. The summed E-state index contributed by atoms with van der Waals surface area (Å²) in [6.45, 7) is 2.92. The van der Waals surface area contributed by atoms with E-state index < -0.39 is 0 Å². The van der Waals surface area contributed by atoms with Crippen molar-refractivity contribution in [1.82, 2.24) is 9.88 Å². The van der Waals surface area contributed by atoms with E-state index in [1.165, 1.54) is 0 Å². The summed E-state index contributed by atoms with van der Waals surface area (Å²) < 4.78 is 5.67. The van der Waals surface area contributed by atoms with Crippen LogP contribution in [0.1, 0.15) is 18.5 Å². The molecule has 2 fully saturated rings. The molecule has 1 aromatic heterocycles. The maximum absolute atomic E-state index is 12.2. The number of ketones is 1. The third-order valence-electron chi connectivity index (χ3n) is 4.48. The molecule has 2 aromatic rings. The molecule has 2 aliphatic rings. The standard InChI is InChI=1S/C18H19ClN2O2S/c19-14-5-3-13(4-6-14)18-20-15(11-24-18)9-21-7-8-23-16(10-21)17(22)12-1-2-12/h3-6,11-12,16H,1-2,7-10H2. The third-order valence-corrected chi connectivity index (χ3v) is 5.67. The second kappa shape index (κ2) is 6.92. The van der Waals surface area contributed by atoms with Gasteiger partial charge < -0.3 is 4.74 Å². The fourth-order valence-corrected chi connectivity index (χ4v) is 3.93. The molecule has 0 spiro atoms. The van der Waals surface area contributed by atoms with Gasteiger partial charge in [-0.3, -0.25) is 9.69 Å². The van der Waals surface area contributed by atoms with Gasteiger partial charge in [0, 0.05) is 41.5 Å². The van der Waals surface area contributed by atoms with Crippen LogP contribution in [0.25, 0.3) is 10.6 Å². The molecule has 1 aliphatic heterocycles. The highest BCUT2D eigenvalue weighted by atomic mass is 35.5. The van der Waals surface area contributed by atoms with Gasteiger partial charge in [0.1, 0.15) is 11.1 Å². The first-order valence-electron chi connectivity index (χ1n) is 8.27. The van der Waals surface area contributed by atoms with Crippen molar-refractivity contribution >= 4 is 28.7 Å². The lowest BCUT2D eigenvalue weighted by Crippen LogP contribution is -2.46. The molecule has 1 saturated carbocycles. The molecule has 1 aliphatic carbocycles. The number of hydrogen-bond acceptors (Lipinski definition) is 5. The largest absolute Gasteiger partial charge is 0.368 e. The molecule has 0 N–H and O–H groups in total. The number of ether oxygens (including phenoxy) is 1. The van der Waals surface area contributed by atoms with E-state index in [1.54, 1.807) is 11.3 Å². The Morgan fingerprint density at radius 3 is 2.88 bits per heavy atom. The Balaban J connectivity index is 1.40. The second-order valence-corrected chi connectivity index (χ2v) is 7.72. The molecule has 4 rings (SSSR count). The summed E-state index contributed by atoms with van der Waals surface area (Å²) in [6, 6.07) is 7.75. The summed E-state index contributed by atoms with van der Waals surface area (Å²) in [6.07, 6.45) is 1.82. The number of carbonyl (C=O) groups excluding carboxylic acids is 1. The molecule has 126 valence electrons. The van der Waals surface area contributed by atoms with Crippen LogP contribution in [0, 0.1) is 5.92 Å². The van der Waals surface area contributed by atoms with E-state index in [0.29, 0.717) is 18.9 Å². The highest BCUT2D eigenvalue weighted by molar-refractivity contribution is 7.13. The Morgan fingerprint density at radius 2 is 2.12 bits per heavy atom. The van der Waals surface area contributed by atoms with E-state index in [9.17, 15) is 4.79 Å². The van der Waals surface area contributed by atoms with Crippen molar-refractivity contribution in [3.8, 4) is 10.6 Å². The number of nitrogens with zero attached hydrogens (tertiary/aromatic N) is 2. The van der Waals surface area contributed by atoms with Crippen LogP contribution in [0.2, 0.25) is 5.02 Å². The van der Waals surface area contributed by atoms with Gasteiger partial charge in [-0.25, -0.2) is 4.98 Å². The molecule has 0 radical (unpaired) electrons. The first kappa shape index (κ1) is 16.2. The molecule has 1 aromatic carbocycles. The molecule has 4 nitrogen and oxygen atoms in total. The summed E-state index contributed by atoms with van der Waals surface area (Å²) in [5, 5.41) is 3.83. The molecule has 0 amide bonds. The number of thiazole rings is 1. The minimum Gasteiger partial charge on any atom is -0.368 e. The SMILES string of the molecule is O=C(C1CC1)C1CN(Cc2csc(-c3ccc(Cl)cc3)n2)CCO1. The van der Waals surface area contributed by atoms with Gasteiger partial charge in [0.15, 0.2) is 5.78 Å². The molecular formula is C18H19ClN2O2S. The average molecular weight is 363 g/mol. The molecule has 2 heterocycles. The first-order chi connectivity index (χ1) is 11.7. The van der Waals surface area contributed by atoms with Gasteiger partial charge in [-0.05, 0) is 25.0 Å². The summed E-state index contributed by atoms with van der Waals surface area (Å²) in [4.78, 5) is 19.2. The van der Waals surface area contributed by atoms with Crippen LogP contribution in [-0.2, 0) is 16.1 Å². The maximum Gasteiger partial charge on any atom is 0.165 e. The molecule has 6 heteroatoms. The van der Waals surface area contributed by atoms with Crippen molar-refractivity contribution in [2.45, 2.75) is 25.5 Å². The van der Waals surface area contributed by atoms with Crippen molar-refractivity contribution in [3.05, 3.63) is 40.4 Å². The topological polar surface area (TPSA) is 42.4 Å². The van der Waals surface area contributed by atoms with Crippen LogP contribution in [0.3, 0.4) is 0 Å². The summed E-state index contributed by atoms with van der Waals surface area (Å²) in [5.74, 6) is 0.547. The van der Waals surface area contributed by atoms with E-state index in [4.69, 9.17) is 21.3 Å². The van der Waals surface area contributed by atoms with Gasteiger partial charge >= 0.3 is 0 Å². The van der Waals surface area contributed by atoms with Crippen molar-refractivity contribution in [1.29, 1.82) is 0 Å². The molecule has 1 atom stereocenters. The van der Waals surface area contributed by atoms with Crippen LogP contribution in [-0.4, -0.2) is 41.5 Å². The number of carbonyl (C=O) groups is 1. The van der Waals surface area contributed by atoms with Gasteiger partial charge in [0.25, 0.3) is 0 Å². The lowest BCUT2D eigenvalue weighted by atomic mass is 10.1. The summed E-state index contributed by atoms with van der Waals surface area (Å²) in [7, 11) is 0. The van der Waals surface area contributed by atoms with Crippen LogP contribution in [0.5, 0.6) is 0 Å². The molecule has 24 heavy (non-hydrogen) atoms. The predicted molar refractivity (Wildman–Crippen MR) is 95.3 cm³/mol. The molecule has 1 saturated heterocycles. The molecule has 1 unspecified atom stereocenters. The Hall–Kier alpha value is -1.27. The zero-order valence-electron chi connectivity index (χ0n) is 13.3. The van der Waals surface area contributed by atoms with Gasteiger partial charge in [-0.15, -0.1) is 11.3 Å². The van der Waals surface area contributed by atoms with Crippen molar-refractivity contribution in [2.75, 3.05) is 19.7 Å². The van der Waals surface area contributed by atoms with Gasteiger partial charge in [-0.1, -0.05) is 23.7 Å². The Morgan fingerprint density at radius 1 is 1.33 bits per heavy atom. The van der Waals surface area contributed by atoms with E-state index in [1.807, 2.05) is 24.3 Å². The third kappa shape index (κ3) is 3.70. The summed E-state index contributed by atoms with van der Waals surface area (Å²) >= 11 is 7.58. The number of aromatic nitrogens is 1. The number of halogens is 1. The quantitative estimate of drug-likeness (QED) is 0.814. The summed E-state index contributed by atoms with van der Waals surface area (Å²) in [5.41, 5.74) is 2.13. The number of morpholine rings is 1. The first-order valence-corrected chi connectivity index (χ1v) is 9.53. The van der Waals surface area contributed by atoms with Crippen LogP contribution >= 0.6 is 22.9 Å². The molecule has 0 bridgehead atoms. The lowest BCUT2D eigenvalue weighted by molar-refractivity contribution is -0.137. The van der Waals surface area contributed by atoms with Gasteiger partial charge in [-0.2, -0.15) is 0 Å². The van der Waals surface area contributed by atoms with Gasteiger partial charge in [0.05, 0.1) is 12.3 Å². The van der Waals surface area contributed by atoms with E-state index >= 15 is 0 Å². The van der Waals surface area contributed by atoms with Crippen LogP contribution in [0.15, 0.2) is 29.6 Å². The van der Waals surface area contributed by atoms with Crippen LogP contribution < -0.4 is 0 Å². The Labute approximate surface area is 150 Å². The predicted octanol–water partition coefficient (Wildman–Crippen LogP) is 3.64. The number of Topliss-reactive ketones (excluding diaryl/α,β-unsaturated/α-hetero) is 1. The normalized spacial score (nSPS) is 21.8. The minimum absolute atomic E-state index is 0.249. The smallest absolute Gasteiger partial charge is 0.165 e.